The highest BCUT2D eigenvalue weighted by Gasteiger charge is 2.15. The number of aromatic nitrogens is 2. The minimum Gasteiger partial charge on any atom is -0.333 e. The molecule has 0 saturated carbocycles. The lowest BCUT2D eigenvalue weighted by Gasteiger charge is -2.12. The third kappa shape index (κ3) is 4.23. The molecule has 6 heteroatoms. The second-order valence-electron chi connectivity index (χ2n) is 5.52. The Labute approximate surface area is 154 Å². The van der Waals surface area contributed by atoms with Crippen molar-refractivity contribution in [2.75, 3.05) is 0 Å². The molecule has 0 aliphatic rings. The SMILES string of the molecule is CC[C@H]([NH2+]Cc1nc(-c2ccc(Cl)cc2)no1)c1ccc(Br)cc1. The molecule has 2 aromatic carbocycles. The smallest absolute Gasteiger partial charge is 0.282 e. The van der Waals surface area contributed by atoms with Gasteiger partial charge in [0.2, 0.25) is 5.82 Å². The molecule has 24 heavy (non-hydrogen) atoms. The zero-order valence-electron chi connectivity index (χ0n) is 13.2. The summed E-state index contributed by atoms with van der Waals surface area (Å²) in [5.41, 5.74) is 2.19. The molecule has 0 saturated heterocycles. The van der Waals surface area contributed by atoms with Gasteiger partial charge in [0.1, 0.15) is 6.04 Å². The van der Waals surface area contributed by atoms with Gasteiger partial charge in [-0.15, -0.1) is 0 Å². The topological polar surface area (TPSA) is 55.5 Å². The Balaban J connectivity index is 1.65. The fourth-order valence-corrected chi connectivity index (χ4v) is 2.94. The maximum Gasteiger partial charge on any atom is 0.282 e. The zero-order chi connectivity index (χ0) is 16.9. The average Bonchev–Trinajstić information content (AvgIpc) is 3.06. The molecule has 3 aromatic rings. The molecule has 0 aliphatic heterocycles. The number of rotatable bonds is 6. The summed E-state index contributed by atoms with van der Waals surface area (Å²) in [5.74, 6) is 1.21. The summed E-state index contributed by atoms with van der Waals surface area (Å²) in [5, 5.41) is 6.96. The van der Waals surface area contributed by atoms with Crippen molar-refractivity contribution in [2.45, 2.75) is 25.9 Å². The van der Waals surface area contributed by atoms with Crippen LogP contribution in [-0.2, 0) is 6.54 Å². The number of nitrogens with two attached hydrogens (primary N) is 1. The predicted octanol–water partition coefficient (Wildman–Crippen LogP) is 4.37. The Hall–Kier alpha value is -1.69. The van der Waals surface area contributed by atoms with Crippen LogP contribution in [0.5, 0.6) is 0 Å². The Kier molecular flexibility index (Phi) is 5.66. The third-order valence-electron chi connectivity index (χ3n) is 3.89. The Morgan fingerprint density at radius 2 is 1.83 bits per heavy atom. The summed E-state index contributed by atoms with van der Waals surface area (Å²) in [7, 11) is 0. The van der Waals surface area contributed by atoms with Gasteiger partial charge >= 0.3 is 0 Å². The van der Waals surface area contributed by atoms with Crippen LogP contribution >= 0.6 is 27.5 Å². The van der Waals surface area contributed by atoms with Gasteiger partial charge in [-0.2, -0.15) is 4.98 Å². The zero-order valence-corrected chi connectivity index (χ0v) is 15.6. The third-order valence-corrected chi connectivity index (χ3v) is 4.67. The molecule has 0 radical (unpaired) electrons. The van der Waals surface area contributed by atoms with Gasteiger partial charge in [-0.05, 0) is 36.4 Å². The average molecular weight is 408 g/mol. The van der Waals surface area contributed by atoms with Gasteiger partial charge in [-0.25, -0.2) is 0 Å². The van der Waals surface area contributed by atoms with Crippen LogP contribution in [0.1, 0.15) is 30.8 Å². The summed E-state index contributed by atoms with van der Waals surface area (Å²) in [4.78, 5) is 4.46. The van der Waals surface area contributed by atoms with Gasteiger partial charge in [-0.1, -0.05) is 51.7 Å². The number of quaternary nitrogens is 1. The van der Waals surface area contributed by atoms with Crippen LogP contribution in [0.25, 0.3) is 11.4 Å². The number of halogens is 2. The van der Waals surface area contributed by atoms with Crippen molar-refractivity contribution in [3.8, 4) is 11.4 Å². The van der Waals surface area contributed by atoms with E-state index in [-0.39, 0.29) is 0 Å². The van der Waals surface area contributed by atoms with Crippen LogP contribution in [0.2, 0.25) is 5.02 Å². The van der Waals surface area contributed by atoms with E-state index in [1.165, 1.54) is 5.56 Å². The minimum atomic E-state index is 0.365. The first-order chi connectivity index (χ1) is 11.7. The number of hydrogen-bond donors (Lipinski definition) is 1. The monoisotopic (exact) mass is 406 g/mol. The lowest BCUT2D eigenvalue weighted by Crippen LogP contribution is -2.83. The molecule has 0 amide bonds. The largest absolute Gasteiger partial charge is 0.333 e. The maximum atomic E-state index is 5.90. The minimum absolute atomic E-state index is 0.365. The first-order valence-corrected chi connectivity index (χ1v) is 9.00. The van der Waals surface area contributed by atoms with Crippen LogP contribution in [0.4, 0.5) is 0 Å². The number of benzene rings is 2. The highest BCUT2D eigenvalue weighted by molar-refractivity contribution is 9.10. The molecule has 0 spiro atoms. The molecule has 0 bridgehead atoms. The Bertz CT molecular complexity index is 787. The van der Waals surface area contributed by atoms with E-state index in [2.05, 4.69) is 62.6 Å². The van der Waals surface area contributed by atoms with Crippen molar-refractivity contribution in [1.82, 2.24) is 10.1 Å². The van der Waals surface area contributed by atoms with E-state index in [9.17, 15) is 0 Å². The van der Waals surface area contributed by atoms with Gasteiger partial charge in [0.05, 0.1) is 0 Å². The van der Waals surface area contributed by atoms with Gasteiger partial charge in [0.15, 0.2) is 6.54 Å². The van der Waals surface area contributed by atoms with Gasteiger partial charge in [0.25, 0.3) is 5.89 Å². The van der Waals surface area contributed by atoms with Gasteiger partial charge in [0, 0.05) is 27.0 Å². The normalized spacial score (nSPS) is 12.3. The highest BCUT2D eigenvalue weighted by Crippen LogP contribution is 2.19. The molecule has 0 fully saturated rings. The van der Waals surface area contributed by atoms with Gasteiger partial charge in [-0.3, -0.25) is 0 Å². The first-order valence-electron chi connectivity index (χ1n) is 7.83. The van der Waals surface area contributed by atoms with Crippen molar-refractivity contribution >= 4 is 27.5 Å². The fraction of sp³-hybridized carbons (Fsp3) is 0.222. The molecule has 1 aromatic heterocycles. The Morgan fingerprint density at radius 1 is 1.12 bits per heavy atom. The standard InChI is InChI=1S/C18H17BrClN3O/c1-2-16(12-3-7-14(19)8-4-12)21-11-17-22-18(23-24-17)13-5-9-15(20)10-6-13/h3-10,16,21H,2,11H2,1H3/p+1/t16-/m0/s1. The molecule has 3 rings (SSSR count). The second-order valence-corrected chi connectivity index (χ2v) is 6.88. The first kappa shape index (κ1) is 17.1. The van der Waals surface area contributed by atoms with E-state index in [0.717, 1.165) is 16.5 Å². The molecule has 2 N–H and O–H groups in total. The molecule has 0 aliphatic carbocycles. The molecule has 4 nitrogen and oxygen atoms in total. The maximum absolute atomic E-state index is 5.90. The molecule has 124 valence electrons. The van der Waals surface area contributed by atoms with E-state index >= 15 is 0 Å². The predicted molar refractivity (Wildman–Crippen MR) is 97.5 cm³/mol. The molecular formula is C18H18BrClN3O+. The quantitative estimate of drug-likeness (QED) is 0.660. The van der Waals surface area contributed by atoms with Crippen LogP contribution < -0.4 is 5.32 Å². The summed E-state index contributed by atoms with van der Waals surface area (Å²) < 4.78 is 6.45. The van der Waals surface area contributed by atoms with E-state index < -0.39 is 0 Å². The van der Waals surface area contributed by atoms with Crippen molar-refractivity contribution in [2.24, 2.45) is 0 Å². The molecule has 1 heterocycles. The van der Waals surface area contributed by atoms with Crippen molar-refractivity contribution in [3.63, 3.8) is 0 Å². The van der Waals surface area contributed by atoms with E-state index in [0.29, 0.717) is 29.3 Å². The second kappa shape index (κ2) is 7.92. The van der Waals surface area contributed by atoms with Crippen molar-refractivity contribution < 1.29 is 9.84 Å². The van der Waals surface area contributed by atoms with E-state index in [1.807, 2.05) is 24.3 Å². The van der Waals surface area contributed by atoms with Crippen molar-refractivity contribution in [1.29, 1.82) is 0 Å². The summed E-state index contributed by atoms with van der Waals surface area (Å²) in [6.45, 7) is 2.82. The fourth-order valence-electron chi connectivity index (χ4n) is 2.55. The van der Waals surface area contributed by atoms with Gasteiger partial charge < -0.3 is 9.84 Å². The summed E-state index contributed by atoms with van der Waals surface area (Å²) in [6, 6.07) is 16.2. The van der Waals surface area contributed by atoms with Crippen molar-refractivity contribution in [3.05, 3.63) is 69.5 Å². The lowest BCUT2D eigenvalue weighted by molar-refractivity contribution is -0.713. The van der Waals surface area contributed by atoms with E-state index in [4.69, 9.17) is 16.1 Å². The van der Waals surface area contributed by atoms with Crippen LogP contribution in [0.3, 0.4) is 0 Å². The number of nitrogens with zero attached hydrogens (tertiary/aromatic N) is 2. The molecule has 0 unspecified atom stereocenters. The molecule has 1 atom stereocenters. The van der Waals surface area contributed by atoms with Crippen LogP contribution in [-0.4, -0.2) is 10.1 Å². The molecular weight excluding hydrogens is 390 g/mol. The van der Waals surface area contributed by atoms with Crippen LogP contribution in [0, 0.1) is 0 Å². The number of hydrogen-bond acceptors (Lipinski definition) is 3. The van der Waals surface area contributed by atoms with Crippen LogP contribution in [0.15, 0.2) is 57.5 Å². The summed E-state index contributed by atoms with van der Waals surface area (Å²) >= 11 is 9.37. The highest BCUT2D eigenvalue weighted by atomic mass is 79.9. The lowest BCUT2D eigenvalue weighted by atomic mass is 10.0. The van der Waals surface area contributed by atoms with E-state index in [1.54, 1.807) is 0 Å². The Morgan fingerprint density at radius 3 is 2.50 bits per heavy atom. The summed E-state index contributed by atoms with van der Waals surface area (Å²) in [6.07, 6.45) is 1.03.